The molecule has 1 aromatic rings. The van der Waals surface area contributed by atoms with Crippen LogP contribution in [-0.4, -0.2) is 11.9 Å². The molecule has 6 nitrogen and oxygen atoms in total. The van der Waals surface area contributed by atoms with Gasteiger partial charge in [-0.15, -0.1) is 0 Å². The Morgan fingerprint density at radius 2 is 1.50 bits per heavy atom. The molecular weight excluding hydrogens is 212 g/mol. The third-order valence-electron chi connectivity index (χ3n) is 1.50. The lowest BCUT2D eigenvalue weighted by molar-refractivity contribution is -0.132. The lowest BCUT2D eigenvalue weighted by Crippen LogP contribution is -2.03. The molecule has 0 bridgehead atoms. The van der Waals surface area contributed by atoms with Gasteiger partial charge in [-0.1, -0.05) is 0 Å². The van der Waals surface area contributed by atoms with Crippen molar-refractivity contribution in [2.45, 2.75) is 13.8 Å². The fraction of sp³-hybridized carbons (Fsp3) is 0.200. The first-order valence-corrected chi connectivity index (χ1v) is 4.38. The number of hydrogen-bond acceptors (Lipinski definition) is 5. The third-order valence-corrected chi connectivity index (χ3v) is 1.50. The van der Waals surface area contributed by atoms with Gasteiger partial charge in [0.05, 0.1) is 12.1 Å². The smallest absolute Gasteiger partial charge is 0.392 e. The zero-order chi connectivity index (χ0) is 12.1. The molecule has 1 rings (SSSR count). The second-order valence-electron chi connectivity index (χ2n) is 2.95. The van der Waals surface area contributed by atoms with E-state index in [0.717, 1.165) is 0 Å². The number of esters is 2. The molecule has 0 fully saturated rings. The SMILES string of the molecule is CC(=O)Oc1cc([N+]#N)cc(OC(C)=O)c1. The molecule has 0 aliphatic heterocycles. The normalized spacial score (nSPS) is 9.06. The minimum Gasteiger partial charge on any atom is -0.426 e. The van der Waals surface area contributed by atoms with Crippen molar-refractivity contribution in [3.63, 3.8) is 0 Å². The molecule has 6 heteroatoms. The Hall–Kier alpha value is -2.42. The van der Waals surface area contributed by atoms with Crippen molar-refractivity contribution in [1.82, 2.24) is 0 Å². The zero-order valence-electron chi connectivity index (χ0n) is 8.76. The van der Waals surface area contributed by atoms with Crippen LogP contribution in [0.25, 0.3) is 4.98 Å². The number of carbonyl (C=O) groups excluding carboxylic acids is 2. The highest BCUT2D eigenvalue weighted by Gasteiger charge is 2.13. The highest BCUT2D eigenvalue weighted by Crippen LogP contribution is 2.28. The van der Waals surface area contributed by atoms with E-state index in [2.05, 4.69) is 4.98 Å². The van der Waals surface area contributed by atoms with Gasteiger partial charge >= 0.3 is 17.6 Å². The van der Waals surface area contributed by atoms with Gasteiger partial charge in [-0.05, 0) is 0 Å². The summed E-state index contributed by atoms with van der Waals surface area (Å²) < 4.78 is 9.56. The van der Waals surface area contributed by atoms with E-state index >= 15 is 0 Å². The Balaban J connectivity index is 3.06. The van der Waals surface area contributed by atoms with Gasteiger partial charge in [-0.3, -0.25) is 9.59 Å². The molecule has 1 aromatic carbocycles. The Bertz CT molecular complexity index is 442. The zero-order valence-corrected chi connectivity index (χ0v) is 8.76. The van der Waals surface area contributed by atoms with Crippen LogP contribution < -0.4 is 9.47 Å². The van der Waals surface area contributed by atoms with Gasteiger partial charge in [0.25, 0.3) is 0 Å². The molecule has 0 spiro atoms. The summed E-state index contributed by atoms with van der Waals surface area (Å²) in [5.74, 6) is -0.772. The molecule has 0 unspecified atom stereocenters. The Morgan fingerprint density at radius 1 is 1.06 bits per heavy atom. The summed E-state index contributed by atoms with van der Waals surface area (Å²) >= 11 is 0. The predicted molar refractivity (Wildman–Crippen MR) is 53.8 cm³/mol. The van der Waals surface area contributed by atoms with E-state index in [1.807, 2.05) is 0 Å². The van der Waals surface area contributed by atoms with E-state index in [9.17, 15) is 9.59 Å². The largest absolute Gasteiger partial charge is 0.426 e. The number of rotatable bonds is 2. The second kappa shape index (κ2) is 4.89. The van der Waals surface area contributed by atoms with E-state index in [4.69, 9.17) is 14.9 Å². The van der Waals surface area contributed by atoms with Crippen molar-refractivity contribution in [3.8, 4) is 11.5 Å². The first-order valence-electron chi connectivity index (χ1n) is 4.38. The van der Waals surface area contributed by atoms with Crippen molar-refractivity contribution >= 4 is 17.6 Å². The number of carbonyl (C=O) groups is 2. The minimum absolute atomic E-state index is 0.120. The Morgan fingerprint density at radius 3 is 1.81 bits per heavy atom. The minimum atomic E-state index is -0.524. The van der Waals surface area contributed by atoms with E-state index in [-0.39, 0.29) is 17.2 Å². The number of nitrogens with zero attached hydrogens (tertiary/aromatic N) is 2. The summed E-state index contributed by atoms with van der Waals surface area (Å²) in [5, 5.41) is 8.60. The molecule has 0 amide bonds. The standard InChI is InChI=1S/C10H9N2O4/c1-6(13)15-9-3-8(12-11)4-10(5-9)16-7(2)14/h3-5H,1-2H3/q+1. The van der Waals surface area contributed by atoms with Crippen LogP contribution in [0, 0.1) is 5.39 Å². The van der Waals surface area contributed by atoms with Crippen molar-refractivity contribution in [1.29, 1.82) is 5.39 Å². The molecule has 0 aliphatic rings. The summed E-state index contributed by atoms with van der Waals surface area (Å²) in [6.45, 7) is 2.46. The van der Waals surface area contributed by atoms with E-state index in [0.29, 0.717) is 0 Å². The van der Waals surface area contributed by atoms with Crippen LogP contribution in [0.4, 0.5) is 5.69 Å². The van der Waals surface area contributed by atoms with Gasteiger partial charge in [-0.2, -0.15) is 0 Å². The summed E-state index contributed by atoms with van der Waals surface area (Å²) in [5.41, 5.74) is 0.120. The predicted octanol–water partition coefficient (Wildman–Crippen LogP) is 2.02. The van der Waals surface area contributed by atoms with Crippen molar-refractivity contribution < 1.29 is 19.1 Å². The topological polar surface area (TPSA) is 80.8 Å². The molecule has 0 heterocycles. The molecule has 0 saturated heterocycles. The number of diazo groups is 1. The lowest BCUT2D eigenvalue weighted by atomic mass is 10.3. The van der Waals surface area contributed by atoms with Gasteiger partial charge < -0.3 is 9.47 Å². The lowest BCUT2D eigenvalue weighted by Gasteiger charge is -2.02. The highest BCUT2D eigenvalue weighted by atomic mass is 16.5. The number of ether oxygens (including phenoxy) is 2. The monoisotopic (exact) mass is 221 g/mol. The van der Waals surface area contributed by atoms with Gasteiger partial charge in [0.2, 0.25) is 5.39 Å². The first kappa shape index (κ1) is 11.7. The maximum atomic E-state index is 10.7. The van der Waals surface area contributed by atoms with E-state index < -0.39 is 11.9 Å². The first-order chi connectivity index (χ1) is 7.51. The van der Waals surface area contributed by atoms with Gasteiger partial charge in [0, 0.05) is 19.9 Å². The van der Waals surface area contributed by atoms with E-state index in [1.54, 1.807) is 0 Å². The average molecular weight is 221 g/mol. The van der Waals surface area contributed by atoms with Crippen LogP contribution in [0.3, 0.4) is 0 Å². The number of hydrogen-bond donors (Lipinski definition) is 0. The van der Waals surface area contributed by atoms with Crippen molar-refractivity contribution in [3.05, 3.63) is 23.2 Å². The molecule has 0 N–H and O–H groups in total. The Kier molecular flexibility index (Phi) is 3.56. The molecular formula is C10H9N2O4+. The summed E-state index contributed by atoms with van der Waals surface area (Å²) in [7, 11) is 0. The van der Waals surface area contributed by atoms with Crippen LogP contribution in [0.2, 0.25) is 0 Å². The van der Waals surface area contributed by atoms with Crippen LogP contribution in [-0.2, 0) is 9.59 Å². The fourth-order valence-corrected chi connectivity index (χ4v) is 1.06. The summed E-state index contributed by atoms with van der Waals surface area (Å²) in [4.78, 5) is 24.4. The van der Waals surface area contributed by atoms with Gasteiger partial charge in [0.15, 0.2) is 4.98 Å². The van der Waals surface area contributed by atoms with Crippen molar-refractivity contribution in [2.24, 2.45) is 0 Å². The maximum absolute atomic E-state index is 10.7. The average Bonchev–Trinajstić information content (AvgIpc) is 2.14. The molecule has 16 heavy (non-hydrogen) atoms. The number of benzene rings is 1. The highest BCUT2D eigenvalue weighted by molar-refractivity contribution is 5.72. The molecule has 0 saturated carbocycles. The Labute approximate surface area is 91.4 Å². The molecule has 0 radical (unpaired) electrons. The van der Waals surface area contributed by atoms with Crippen molar-refractivity contribution in [2.75, 3.05) is 0 Å². The molecule has 0 aromatic heterocycles. The van der Waals surface area contributed by atoms with Crippen LogP contribution in [0.1, 0.15) is 13.8 Å². The molecule has 82 valence electrons. The maximum Gasteiger partial charge on any atom is 0.392 e. The quantitative estimate of drug-likeness (QED) is 0.433. The summed E-state index contributed by atoms with van der Waals surface area (Å²) in [6, 6.07) is 4.00. The van der Waals surface area contributed by atoms with Gasteiger partial charge in [0.1, 0.15) is 11.5 Å². The second-order valence-corrected chi connectivity index (χ2v) is 2.95. The van der Waals surface area contributed by atoms with E-state index in [1.165, 1.54) is 32.0 Å². The van der Waals surface area contributed by atoms with Crippen LogP contribution in [0.15, 0.2) is 18.2 Å². The molecule has 0 aliphatic carbocycles. The van der Waals surface area contributed by atoms with Gasteiger partial charge in [-0.25, -0.2) is 0 Å². The fourth-order valence-electron chi connectivity index (χ4n) is 1.06. The van der Waals surface area contributed by atoms with Crippen LogP contribution >= 0.6 is 0 Å². The third kappa shape index (κ3) is 3.38. The molecule has 0 atom stereocenters. The summed E-state index contributed by atoms with van der Waals surface area (Å²) in [6.07, 6.45) is 0. The van der Waals surface area contributed by atoms with Crippen LogP contribution in [0.5, 0.6) is 11.5 Å².